The quantitative estimate of drug-likeness (QED) is 0.556. The summed E-state index contributed by atoms with van der Waals surface area (Å²) in [4.78, 5) is 4.21. The van der Waals surface area contributed by atoms with Crippen LogP contribution in [0, 0.1) is 25.2 Å². The molecule has 3 heteroatoms. The summed E-state index contributed by atoms with van der Waals surface area (Å²) in [6.07, 6.45) is 2.55. The standard InChI is InChI=1S/C12H14N2O/c1-4-5-6-15-12-7-9(2)14-10(3)11(12)8-13/h4,7H,1,5-6H2,2-3H3. The number of ether oxygens (including phenoxy) is 1. The van der Waals surface area contributed by atoms with Gasteiger partial charge in [0.25, 0.3) is 0 Å². The largest absolute Gasteiger partial charge is 0.492 e. The number of aryl methyl sites for hydroxylation is 2. The molecule has 0 radical (unpaired) electrons. The predicted octanol–water partition coefficient (Wildman–Crippen LogP) is 2.53. The number of rotatable bonds is 4. The maximum Gasteiger partial charge on any atom is 0.140 e. The van der Waals surface area contributed by atoms with Gasteiger partial charge in [-0.05, 0) is 20.3 Å². The first-order valence-corrected chi connectivity index (χ1v) is 4.81. The van der Waals surface area contributed by atoms with E-state index >= 15 is 0 Å². The molecule has 78 valence electrons. The third-order valence-corrected chi connectivity index (χ3v) is 1.98. The van der Waals surface area contributed by atoms with Crippen LogP contribution >= 0.6 is 0 Å². The van der Waals surface area contributed by atoms with Crippen molar-refractivity contribution in [1.29, 1.82) is 5.26 Å². The zero-order valence-electron chi connectivity index (χ0n) is 9.08. The van der Waals surface area contributed by atoms with Crippen LogP contribution in [0.15, 0.2) is 18.7 Å². The number of hydrogen-bond donors (Lipinski definition) is 0. The van der Waals surface area contributed by atoms with Crippen LogP contribution in [0.25, 0.3) is 0 Å². The van der Waals surface area contributed by atoms with Gasteiger partial charge in [0.05, 0.1) is 12.3 Å². The summed E-state index contributed by atoms with van der Waals surface area (Å²) in [5.41, 5.74) is 2.09. The van der Waals surface area contributed by atoms with Crippen molar-refractivity contribution in [1.82, 2.24) is 4.98 Å². The lowest BCUT2D eigenvalue weighted by molar-refractivity contribution is 0.323. The van der Waals surface area contributed by atoms with Gasteiger partial charge in [-0.25, -0.2) is 0 Å². The van der Waals surface area contributed by atoms with E-state index in [9.17, 15) is 0 Å². The summed E-state index contributed by atoms with van der Waals surface area (Å²) in [5, 5.41) is 8.96. The average molecular weight is 202 g/mol. The lowest BCUT2D eigenvalue weighted by Gasteiger charge is -2.09. The molecule has 0 N–H and O–H groups in total. The van der Waals surface area contributed by atoms with Crippen LogP contribution in [-0.2, 0) is 0 Å². The molecule has 0 saturated heterocycles. The van der Waals surface area contributed by atoms with E-state index in [0.717, 1.165) is 12.1 Å². The van der Waals surface area contributed by atoms with Crippen molar-refractivity contribution in [3.8, 4) is 11.8 Å². The molecule has 1 aromatic rings. The second kappa shape index (κ2) is 5.16. The molecule has 0 atom stereocenters. The molecule has 0 aliphatic carbocycles. The van der Waals surface area contributed by atoms with Gasteiger partial charge in [-0.15, -0.1) is 6.58 Å². The fourth-order valence-electron chi connectivity index (χ4n) is 1.29. The van der Waals surface area contributed by atoms with Gasteiger partial charge in [-0.2, -0.15) is 5.26 Å². The highest BCUT2D eigenvalue weighted by molar-refractivity contribution is 5.46. The summed E-state index contributed by atoms with van der Waals surface area (Å²) in [6, 6.07) is 3.89. The van der Waals surface area contributed by atoms with E-state index in [2.05, 4.69) is 17.6 Å². The molecule has 3 nitrogen and oxygen atoms in total. The Balaban J connectivity index is 2.94. The van der Waals surface area contributed by atoms with Crippen molar-refractivity contribution in [2.24, 2.45) is 0 Å². The number of nitrogens with zero attached hydrogens (tertiary/aromatic N) is 2. The second-order valence-corrected chi connectivity index (χ2v) is 3.26. The molecule has 0 spiro atoms. The molecule has 1 heterocycles. The minimum absolute atomic E-state index is 0.518. The Kier molecular flexibility index (Phi) is 3.87. The van der Waals surface area contributed by atoms with Crippen LogP contribution in [0.1, 0.15) is 23.4 Å². The van der Waals surface area contributed by atoms with Gasteiger partial charge >= 0.3 is 0 Å². The molecule has 0 aliphatic rings. The molecule has 0 aliphatic heterocycles. The van der Waals surface area contributed by atoms with Crippen molar-refractivity contribution in [2.45, 2.75) is 20.3 Å². The minimum Gasteiger partial charge on any atom is -0.492 e. The molecule has 1 rings (SSSR count). The van der Waals surface area contributed by atoms with E-state index in [1.54, 1.807) is 12.1 Å². The zero-order chi connectivity index (χ0) is 11.3. The topological polar surface area (TPSA) is 45.9 Å². The summed E-state index contributed by atoms with van der Waals surface area (Å²) in [5.74, 6) is 0.615. The molecule has 1 aromatic heterocycles. The SMILES string of the molecule is C=CCCOc1cc(C)nc(C)c1C#N. The van der Waals surface area contributed by atoms with E-state index < -0.39 is 0 Å². The van der Waals surface area contributed by atoms with Crippen LogP contribution in [-0.4, -0.2) is 11.6 Å². The van der Waals surface area contributed by atoms with Gasteiger partial charge in [-0.3, -0.25) is 4.98 Å². The van der Waals surface area contributed by atoms with Crippen LogP contribution in [0.2, 0.25) is 0 Å². The van der Waals surface area contributed by atoms with Crippen molar-refractivity contribution in [2.75, 3.05) is 6.61 Å². The normalized spacial score (nSPS) is 9.40. The molecule has 0 amide bonds. The predicted molar refractivity (Wildman–Crippen MR) is 58.7 cm³/mol. The van der Waals surface area contributed by atoms with Crippen LogP contribution in [0.4, 0.5) is 0 Å². The Morgan fingerprint density at radius 2 is 2.33 bits per heavy atom. The van der Waals surface area contributed by atoms with Gasteiger partial charge < -0.3 is 4.74 Å². The highest BCUT2D eigenvalue weighted by atomic mass is 16.5. The van der Waals surface area contributed by atoms with Crippen molar-refractivity contribution >= 4 is 0 Å². The van der Waals surface area contributed by atoms with Gasteiger partial charge in [0, 0.05) is 11.8 Å². The maximum absolute atomic E-state index is 8.96. The molecule has 0 aromatic carbocycles. The molecular formula is C12H14N2O. The van der Waals surface area contributed by atoms with Crippen LogP contribution in [0.5, 0.6) is 5.75 Å². The molecule has 0 unspecified atom stereocenters. The number of pyridine rings is 1. The highest BCUT2D eigenvalue weighted by Gasteiger charge is 2.08. The average Bonchev–Trinajstić information content (AvgIpc) is 2.17. The third kappa shape index (κ3) is 2.81. The molecule has 0 bridgehead atoms. The maximum atomic E-state index is 8.96. The van der Waals surface area contributed by atoms with Crippen molar-refractivity contribution < 1.29 is 4.74 Å². The van der Waals surface area contributed by atoms with Gasteiger partial charge in [0.15, 0.2) is 0 Å². The Hall–Kier alpha value is -1.82. The molecule has 0 saturated carbocycles. The third-order valence-electron chi connectivity index (χ3n) is 1.98. The Labute approximate surface area is 90.0 Å². The first-order valence-electron chi connectivity index (χ1n) is 4.81. The Bertz CT molecular complexity index is 405. The van der Waals surface area contributed by atoms with Gasteiger partial charge in [-0.1, -0.05) is 6.08 Å². The van der Waals surface area contributed by atoms with Crippen molar-refractivity contribution in [3.63, 3.8) is 0 Å². The summed E-state index contributed by atoms with van der Waals surface area (Å²) in [7, 11) is 0. The summed E-state index contributed by atoms with van der Waals surface area (Å²) < 4.78 is 5.50. The number of nitriles is 1. The Morgan fingerprint density at radius 1 is 1.60 bits per heavy atom. The number of aromatic nitrogens is 1. The van der Waals surface area contributed by atoms with Crippen LogP contribution < -0.4 is 4.74 Å². The van der Waals surface area contributed by atoms with E-state index in [1.165, 1.54) is 0 Å². The van der Waals surface area contributed by atoms with E-state index in [0.29, 0.717) is 23.6 Å². The summed E-state index contributed by atoms with van der Waals surface area (Å²) in [6.45, 7) is 7.85. The summed E-state index contributed by atoms with van der Waals surface area (Å²) >= 11 is 0. The highest BCUT2D eigenvalue weighted by Crippen LogP contribution is 2.21. The first kappa shape index (κ1) is 11.3. The van der Waals surface area contributed by atoms with Crippen LogP contribution in [0.3, 0.4) is 0 Å². The van der Waals surface area contributed by atoms with E-state index in [4.69, 9.17) is 10.00 Å². The smallest absolute Gasteiger partial charge is 0.140 e. The van der Waals surface area contributed by atoms with Gasteiger partial charge in [0.1, 0.15) is 17.4 Å². The fourth-order valence-corrected chi connectivity index (χ4v) is 1.29. The first-order chi connectivity index (χ1) is 7.19. The zero-order valence-corrected chi connectivity index (χ0v) is 9.08. The lowest BCUT2D eigenvalue weighted by Crippen LogP contribution is -2.01. The molecular weight excluding hydrogens is 188 g/mol. The molecule has 15 heavy (non-hydrogen) atoms. The van der Waals surface area contributed by atoms with Gasteiger partial charge in [0.2, 0.25) is 0 Å². The monoisotopic (exact) mass is 202 g/mol. The Morgan fingerprint density at radius 3 is 2.93 bits per heavy atom. The molecule has 0 fully saturated rings. The second-order valence-electron chi connectivity index (χ2n) is 3.26. The van der Waals surface area contributed by atoms with E-state index in [-0.39, 0.29) is 0 Å². The number of hydrogen-bond acceptors (Lipinski definition) is 3. The minimum atomic E-state index is 0.518. The van der Waals surface area contributed by atoms with E-state index in [1.807, 2.05) is 13.8 Å². The lowest BCUT2D eigenvalue weighted by atomic mass is 10.2. The van der Waals surface area contributed by atoms with Crippen molar-refractivity contribution in [3.05, 3.63) is 35.7 Å². The fraction of sp³-hybridized carbons (Fsp3) is 0.333.